The van der Waals surface area contributed by atoms with E-state index in [1.807, 2.05) is 13.8 Å². The molecule has 0 aromatic heterocycles. The highest BCUT2D eigenvalue weighted by atomic mass is 79.9. The molecule has 2 rings (SSSR count). The molecule has 0 spiro atoms. The second-order valence-corrected chi connectivity index (χ2v) is 4.46. The molecule has 0 radical (unpaired) electrons. The van der Waals surface area contributed by atoms with Gasteiger partial charge in [0.1, 0.15) is 16.0 Å². The molecule has 1 aliphatic heterocycles. The van der Waals surface area contributed by atoms with Gasteiger partial charge in [0, 0.05) is 5.56 Å². The molecule has 1 aromatic rings. The van der Waals surface area contributed by atoms with Gasteiger partial charge in [-0.15, -0.1) is 0 Å². The number of ether oxygens (including phenoxy) is 2. The average molecular weight is 273 g/mol. The average Bonchev–Trinajstić information content (AvgIpc) is 2.58. The number of phenols is 1. The van der Waals surface area contributed by atoms with Gasteiger partial charge in [0.15, 0.2) is 0 Å². The van der Waals surface area contributed by atoms with E-state index in [4.69, 9.17) is 9.47 Å². The number of hydrogen-bond donors (Lipinski definition) is 1. The topological polar surface area (TPSA) is 38.7 Å². The van der Waals surface area contributed by atoms with Gasteiger partial charge in [-0.1, -0.05) is 0 Å². The van der Waals surface area contributed by atoms with Gasteiger partial charge < -0.3 is 14.6 Å². The highest BCUT2D eigenvalue weighted by Gasteiger charge is 2.29. The van der Waals surface area contributed by atoms with Gasteiger partial charge in [0.25, 0.3) is 0 Å². The Bertz CT molecular complexity index is 415. The summed E-state index contributed by atoms with van der Waals surface area (Å²) >= 11 is 3.33. The molecular formula is C11H13BrO3. The van der Waals surface area contributed by atoms with Crippen molar-refractivity contribution >= 4 is 15.9 Å². The lowest BCUT2D eigenvalue weighted by atomic mass is 9.98. The lowest BCUT2D eigenvalue weighted by Crippen LogP contribution is -1.98. The number of aromatic hydroxyl groups is 1. The fourth-order valence-electron chi connectivity index (χ4n) is 2.11. The van der Waals surface area contributed by atoms with Crippen LogP contribution in [0.4, 0.5) is 0 Å². The zero-order valence-electron chi connectivity index (χ0n) is 8.93. The van der Waals surface area contributed by atoms with Crippen molar-refractivity contribution in [2.75, 3.05) is 7.11 Å². The van der Waals surface area contributed by atoms with E-state index in [0.717, 1.165) is 16.7 Å². The van der Waals surface area contributed by atoms with Gasteiger partial charge in [-0.2, -0.15) is 0 Å². The number of benzene rings is 1. The molecule has 4 heteroatoms. The molecular weight excluding hydrogens is 260 g/mol. The van der Waals surface area contributed by atoms with Gasteiger partial charge >= 0.3 is 0 Å². The van der Waals surface area contributed by atoms with E-state index >= 15 is 0 Å². The van der Waals surface area contributed by atoms with Crippen molar-refractivity contribution in [1.29, 1.82) is 0 Å². The van der Waals surface area contributed by atoms with Crippen LogP contribution in [0.25, 0.3) is 0 Å². The minimum Gasteiger partial charge on any atom is -0.506 e. The van der Waals surface area contributed by atoms with Crippen LogP contribution in [0.2, 0.25) is 0 Å². The third kappa shape index (κ3) is 1.43. The summed E-state index contributed by atoms with van der Waals surface area (Å²) in [4.78, 5) is 0. The van der Waals surface area contributed by atoms with Crippen molar-refractivity contribution in [3.05, 3.63) is 21.2 Å². The Kier molecular flexibility index (Phi) is 2.64. The van der Waals surface area contributed by atoms with Crippen LogP contribution < -0.4 is 4.74 Å². The first kappa shape index (κ1) is 10.8. The first-order valence-electron chi connectivity index (χ1n) is 4.77. The Labute approximate surface area is 97.1 Å². The molecule has 0 bridgehead atoms. The third-order valence-corrected chi connectivity index (χ3v) is 3.59. The van der Waals surface area contributed by atoms with Crippen molar-refractivity contribution in [3.8, 4) is 11.5 Å². The van der Waals surface area contributed by atoms with Crippen LogP contribution in [0.15, 0.2) is 4.47 Å². The highest BCUT2D eigenvalue weighted by molar-refractivity contribution is 9.10. The largest absolute Gasteiger partial charge is 0.506 e. The summed E-state index contributed by atoms with van der Waals surface area (Å²) in [5, 5.41) is 9.97. The first-order valence-corrected chi connectivity index (χ1v) is 5.56. The van der Waals surface area contributed by atoms with Gasteiger partial charge in [-0.25, -0.2) is 0 Å². The van der Waals surface area contributed by atoms with Crippen LogP contribution in [0.3, 0.4) is 0 Å². The van der Waals surface area contributed by atoms with E-state index in [-0.39, 0.29) is 11.9 Å². The van der Waals surface area contributed by atoms with Crippen molar-refractivity contribution in [2.24, 2.45) is 0 Å². The summed E-state index contributed by atoms with van der Waals surface area (Å²) < 4.78 is 11.4. The van der Waals surface area contributed by atoms with Crippen LogP contribution in [0, 0.1) is 6.92 Å². The standard InChI is InChI=1S/C11H13BrO3/c1-5-8-6(2)15-4-7(8)10(13)9(12)11(5)14-3/h6,13H,4H2,1-3H3. The van der Waals surface area contributed by atoms with Crippen molar-refractivity contribution in [3.63, 3.8) is 0 Å². The molecule has 1 aromatic carbocycles. The monoisotopic (exact) mass is 272 g/mol. The van der Waals surface area contributed by atoms with Crippen LogP contribution >= 0.6 is 15.9 Å². The predicted octanol–water partition coefficient (Wildman–Crippen LogP) is 3.06. The number of hydrogen-bond acceptors (Lipinski definition) is 3. The van der Waals surface area contributed by atoms with Crippen LogP contribution in [0.5, 0.6) is 11.5 Å². The van der Waals surface area contributed by atoms with Crippen molar-refractivity contribution in [2.45, 2.75) is 26.6 Å². The third-order valence-electron chi connectivity index (χ3n) is 2.85. The minimum atomic E-state index is 0.0212. The van der Waals surface area contributed by atoms with Crippen LogP contribution in [0.1, 0.15) is 29.7 Å². The zero-order chi connectivity index (χ0) is 11.2. The second kappa shape index (κ2) is 3.68. The molecule has 1 unspecified atom stereocenters. The van der Waals surface area contributed by atoms with Gasteiger partial charge in [-0.05, 0) is 40.9 Å². The molecule has 0 amide bonds. The van der Waals surface area contributed by atoms with Crippen molar-refractivity contribution in [1.82, 2.24) is 0 Å². The number of phenolic OH excluding ortho intramolecular Hbond substituents is 1. The molecule has 0 aliphatic carbocycles. The van der Waals surface area contributed by atoms with Gasteiger partial charge in [-0.3, -0.25) is 0 Å². The Morgan fingerprint density at radius 2 is 2.20 bits per heavy atom. The van der Waals surface area contributed by atoms with Crippen molar-refractivity contribution < 1.29 is 14.6 Å². The van der Waals surface area contributed by atoms with E-state index in [1.165, 1.54) is 0 Å². The lowest BCUT2D eigenvalue weighted by molar-refractivity contribution is 0.0788. The second-order valence-electron chi connectivity index (χ2n) is 3.67. The Hall–Kier alpha value is -0.740. The summed E-state index contributed by atoms with van der Waals surface area (Å²) in [6.07, 6.45) is 0.0212. The summed E-state index contributed by atoms with van der Waals surface area (Å²) in [7, 11) is 1.60. The highest BCUT2D eigenvalue weighted by Crippen LogP contribution is 2.47. The summed E-state index contributed by atoms with van der Waals surface area (Å²) in [6.45, 7) is 4.42. The fraction of sp³-hybridized carbons (Fsp3) is 0.455. The number of halogens is 1. The maximum atomic E-state index is 9.97. The molecule has 3 nitrogen and oxygen atoms in total. The van der Waals surface area contributed by atoms with Gasteiger partial charge in [0.05, 0.1) is 19.8 Å². The molecule has 82 valence electrons. The molecule has 1 N–H and O–H groups in total. The van der Waals surface area contributed by atoms with E-state index in [0.29, 0.717) is 16.8 Å². The van der Waals surface area contributed by atoms with E-state index in [1.54, 1.807) is 7.11 Å². The quantitative estimate of drug-likeness (QED) is 0.854. The maximum Gasteiger partial charge on any atom is 0.140 e. The normalized spacial score (nSPS) is 19.1. The predicted molar refractivity (Wildman–Crippen MR) is 60.3 cm³/mol. The Balaban J connectivity index is 2.75. The van der Waals surface area contributed by atoms with Crippen LogP contribution in [-0.2, 0) is 11.3 Å². The van der Waals surface area contributed by atoms with E-state index in [2.05, 4.69) is 15.9 Å². The van der Waals surface area contributed by atoms with Gasteiger partial charge in [0.2, 0.25) is 0 Å². The summed E-state index contributed by atoms with van der Waals surface area (Å²) in [5.74, 6) is 0.917. The molecule has 0 fully saturated rings. The smallest absolute Gasteiger partial charge is 0.140 e. The molecule has 15 heavy (non-hydrogen) atoms. The Morgan fingerprint density at radius 3 is 2.80 bits per heavy atom. The molecule has 0 saturated carbocycles. The Morgan fingerprint density at radius 1 is 1.53 bits per heavy atom. The molecule has 1 aliphatic rings. The molecule has 0 saturated heterocycles. The number of fused-ring (bicyclic) bond motifs is 1. The van der Waals surface area contributed by atoms with Crippen LogP contribution in [-0.4, -0.2) is 12.2 Å². The zero-order valence-corrected chi connectivity index (χ0v) is 10.5. The molecule has 1 heterocycles. The van der Waals surface area contributed by atoms with E-state index < -0.39 is 0 Å². The molecule has 1 atom stereocenters. The fourth-order valence-corrected chi connectivity index (χ4v) is 2.81. The summed E-state index contributed by atoms with van der Waals surface area (Å²) in [5.41, 5.74) is 2.95. The number of rotatable bonds is 1. The maximum absolute atomic E-state index is 9.97. The number of methoxy groups -OCH3 is 1. The summed E-state index contributed by atoms with van der Waals surface area (Å²) in [6, 6.07) is 0. The SMILES string of the molecule is COc1c(C)c2c(c(O)c1Br)COC2C. The lowest BCUT2D eigenvalue weighted by Gasteiger charge is -2.15. The minimum absolute atomic E-state index is 0.0212. The first-order chi connectivity index (χ1) is 7.07. The van der Waals surface area contributed by atoms with E-state index in [9.17, 15) is 5.11 Å².